The van der Waals surface area contributed by atoms with E-state index in [2.05, 4.69) is 13.8 Å². The summed E-state index contributed by atoms with van der Waals surface area (Å²) in [7, 11) is 0. The number of carbonyl (C=O) groups is 1. The highest BCUT2D eigenvalue weighted by Gasteiger charge is 2.37. The molecule has 94 valence electrons. The summed E-state index contributed by atoms with van der Waals surface area (Å²) in [5.41, 5.74) is 1.66. The van der Waals surface area contributed by atoms with Gasteiger partial charge in [-0.15, -0.1) is 0 Å². The van der Waals surface area contributed by atoms with Crippen molar-refractivity contribution in [3.63, 3.8) is 0 Å². The number of likely N-dealkylation sites (N-methyl/N-ethyl adjacent to an activating group) is 1. The number of carbonyl (C=O) groups excluding carboxylic acids is 1. The van der Waals surface area contributed by atoms with Crippen LogP contribution < -0.4 is 4.90 Å². The van der Waals surface area contributed by atoms with Crippen molar-refractivity contribution in [1.82, 2.24) is 0 Å². The van der Waals surface area contributed by atoms with Crippen molar-refractivity contribution in [2.24, 2.45) is 0 Å². The Morgan fingerprint density at radius 1 is 1.12 bits per heavy atom. The van der Waals surface area contributed by atoms with Gasteiger partial charge in [0.25, 0.3) is 0 Å². The van der Waals surface area contributed by atoms with Crippen molar-refractivity contribution in [2.75, 3.05) is 13.1 Å². The summed E-state index contributed by atoms with van der Waals surface area (Å²) in [5.74, 6) is 0.233. The van der Waals surface area contributed by atoms with E-state index >= 15 is 0 Å². The van der Waals surface area contributed by atoms with E-state index in [1.807, 2.05) is 45.0 Å². The molecule has 17 heavy (non-hydrogen) atoms. The molecule has 1 N–H and O–H groups in total. The monoisotopic (exact) mass is 234 g/mol. The fourth-order valence-electron chi connectivity index (χ4n) is 2.36. The minimum Gasteiger partial charge on any atom is -0.325 e. The van der Waals surface area contributed by atoms with E-state index in [0.717, 1.165) is 18.7 Å². The van der Waals surface area contributed by atoms with E-state index in [0.29, 0.717) is 0 Å². The van der Waals surface area contributed by atoms with E-state index in [4.69, 9.17) is 0 Å². The molecule has 0 aliphatic carbocycles. The molecule has 0 radical (unpaired) electrons. The van der Waals surface area contributed by atoms with Gasteiger partial charge in [0.15, 0.2) is 5.54 Å². The molecule has 0 saturated carbocycles. The Balaban J connectivity index is 2.99. The average molecular weight is 234 g/mol. The van der Waals surface area contributed by atoms with Crippen molar-refractivity contribution in [1.29, 1.82) is 0 Å². The van der Waals surface area contributed by atoms with Crippen molar-refractivity contribution < 1.29 is 9.69 Å². The standard InChI is InChI=1S/C15H23NO/c1-6-16(7-2)15(4,5)14(17)13-10-8-12(3)9-11-13/h8-11H,6-7H2,1-5H3/p+1. The first-order valence-electron chi connectivity index (χ1n) is 6.40. The van der Waals surface area contributed by atoms with Crippen molar-refractivity contribution in [2.45, 2.75) is 40.2 Å². The fourth-order valence-corrected chi connectivity index (χ4v) is 2.36. The van der Waals surface area contributed by atoms with E-state index in [1.165, 1.54) is 10.5 Å². The molecule has 0 heterocycles. The normalized spacial score (nSPS) is 11.9. The van der Waals surface area contributed by atoms with Gasteiger partial charge >= 0.3 is 0 Å². The van der Waals surface area contributed by atoms with Gasteiger partial charge < -0.3 is 4.90 Å². The van der Waals surface area contributed by atoms with Crippen LogP contribution in [0, 0.1) is 6.92 Å². The maximum atomic E-state index is 12.5. The quantitative estimate of drug-likeness (QED) is 0.772. The van der Waals surface area contributed by atoms with Gasteiger partial charge in [0.2, 0.25) is 5.78 Å². The number of nitrogens with one attached hydrogen (secondary N) is 1. The van der Waals surface area contributed by atoms with Gasteiger partial charge in [-0.25, -0.2) is 0 Å². The Morgan fingerprint density at radius 3 is 2.00 bits per heavy atom. The largest absolute Gasteiger partial charge is 0.325 e. The highest BCUT2D eigenvalue weighted by atomic mass is 16.1. The Labute approximate surface area is 105 Å². The van der Waals surface area contributed by atoms with Crippen LogP contribution in [0.2, 0.25) is 0 Å². The summed E-state index contributed by atoms with van der Waals surface area (Å²) in [6, 6.07) is 7.87. The van der Waals surface area contributed by atoms with E-state index in [-0.39, 0.29) is 11.3 Å². The van der Waals surface area contributed by atoms with Gasteiger partial charge in [0.05, 0.1) is 13.1 Å². The zero-order valence-electron chi connectivity index (χ0n) is 11.6. The molecule has 0 amide bonds. The number of benzene rings is 1. The highest BCUT2D eigenvalue weighted by molar-refractivity contribution is 6.01. The second-order valence-electron chi connectivity index (χ2n) is 5.13. The van der Waals surface area contributed by atoms with Crippen LogP contribution in [0.5, 0.6) is 0 Å². The summed E-state index contributed by atoms with van der Waals surface area (Å²) >= 11 is 0. The molecule has 1 aromatic carbocycles. The maximum absolute atomic E-state index is 12.5. The van der Waals surface area contributed by atoms with Crippen LogP contribution >= 0.6 is 0 Å². The molecule has 0 saturated heterocycles. The first-order chi connectivity index (χ1) is 7.93. The lowest BCUT2D eigenvalue weighted by molar-refractivity contribution is -0.934. The molecule has 0 aliphatic rings. The first kappa shape index (κ1) is 13.9. The molecular formula is C15H24NO+. The molecule has 1 aromatic rings. The molecule has 0 aromatic heterocycles. The zero-order valence-corrected chi connectivity index (χ0v) is 11.6. The van der Waals surface area contributed by atoms with Crippen molar-refractivity contribution >= 4 is 5.78 Å². The van der Waals surface area contributed by atoms with Gasteiger partial charge in [-0.1, -0.05) is 29.8 Å². The predicted molar refractivity (Wildman–Crippen MR) is 71.6 cm³/mol. The van der Waals surface area contributed by atoms with Gasteiger partial charge in [-0.05, 0) is 34.6 Å². The van der Waals surface area contributed by atoms with Gasteiger partial charge in [-0.3, -0.25) is 4.79 Å². The van der Waals surface area contributed by atoms with Crippen molar-refractivity contribution in [3.05, 3.63) is 35.4 Å². The topological polar surface area (TPSA) is 21.5 Å². The van der Waals surface area contributed by atoms with E-state index < -0.39 is 0 Å². The Kier molecular flexibility index (Phi) is 4.47. The third-order valence-corrected chi connectivity index (χ3v) is 3.62. The number of hydrogen-bond acceptors (Lipinski definition) is 1. The Bertz CT molecular complexity index is 374. The molecule has 0 fully saturated rings. The first-order valence-corrected chi connectivity index (χ1v) is 6.40. The van der Waals surface area contributed by atoms with Crippen LogP contribution in [-0.4, -0.2) is 24.4 Å². The molecule has 2 heteroatoms. The predicted octanol–water partition coefficient (Wildman–Crippen LogP) is 1.88. The smallest absolute Gasteiger partial charge is 0.222 e. The third-order valence-electron chi connectivity index (χ3n) is 3.62. The second-order valence-corrected chi connectivity index (χ2v) is 5.13. The van der Waals surface area contributed by atoms with Gasteiger partial charge in [0.1, 0.15) is 0 Å². The molecule has 0 aliphatic heterocycles. The minimum absolute atomic E-state index is 0.233. The average Bonchev–Trinajstić information content (AvgIpc) is 2.30. The third kappa shape index (κ3) is 2.95. The van der Waals surface area contributed by atoms with Crippen LogP contribution in [0.3, 0.4) is 0 Å². The SMILES string of the molecule is CC[NH+](CC)C(C)(C)C(=O)c1ccc(C)cc1. The maximum Gasteiger partial charge on any atom is 0.222 e. The molecule has 0 unspecified atom stereocenters. The van der Waals surface area contributed by atoms with E-state index in [1.54, 1.807) is 0 Å². The Hall–Kier alpha value is -1.15. The number of rotatable bonds is 5. The molecule has 2 nitrogen and oxygen atoms in total. The summed E-state index contributed by atoms with van der Waals surface area (Å²) in [4.78, 5) is 13.8. The molecule has 0 atom stereocenters. The number of quaternary nitrogens is 1. The summed E-state index contributed by atoms with van der Waals surface area (Å²) in [6.45, 7) is 12.3. The molecule has 0 bridgehead atoms. The number of Topliss-reactive ketones (excluding diaryl/α,β-unsaturated/α-hetero) is 1. The summed E-state index contributed by atoms with van der Waals surface area (Å²) in [5, 5.41) is 0. The van der Waals surface area contributed by atoms with Crippen molar-refractivity contribution in [3.8, 4) is 0 Å². The van der Waals surface area contributed by atoms with Crippen LogP contribution in [0.15, 0.2) is 24.3 Å². The van der Waals surface area contributed by atoms with E-state index in [9.17, 15) is 4.79 Å². The number of ketones is 1. The lowest BCUT2D eigenvalue weighted by Crippen LogP contribution is -3.20. The molecule has 0 spiro atoms. The van der Waals surface area contributed by atoms with Crippen LogP contribution in [0.1, 0.15) is 43.6 Å². The summed E-state index contributed by atoms with van der Waals surface area (Å²) < 4.78 is 0. The summed E-state index contributed by atoms with van der Waals surface area (Å²) in [6.07, 6.45) is 0. The lowest BCUT2D eigenvalue weighted by Gasteiger charge is -2.32. The lowest BCUT2D eigenvalue weighted by atomic mass is 9.91. The van der Waals surface area contributed by atoms with Gasteiger partial charge in [-0.2, -0.15) is 0 Å². The minimum atomic E-state index is -0.348. The Morgan fingerprint density at radius 2 is 1.59 bits per heavy atom. The fraction of sp³-hybridized carbons (Fsp3) is 0.533. The second kappa shape index (κ2) is 5.46. The highest BCUT2D eigenvalue weighted by Crippen LogP contribution is 2.11. The molecule has 1 rings (SSSR count). The van der Waals surface area contributed by atoms with Crippen LogP contribution in [0.25, 0.3) is 0 Å². The van der Waals surface area contributed by atoms with Crippen LogP contribution in [-0.2, 0) is 0 Å². The molecular weight excluding hydrogens is 210 g/mol. The van der Waals surface area contributed by atoms with Gasteiger partial charge in [0, 0.05) is 5.56 Å². The number of aryl methyl sites for hydroxylation is 1. The van der Waals surface area contributed by atoms with Crippen LogP contribution in [0.4, 0.5) is 0 Å². The zero-order chi connectivity index (χ0) is 13.1. The number of hydrogen-bond donors (Lipinski definition) is 1.